The topological polar surface area (TPSA) is 74.7 Å². The van der Waals surface area contributed by atoms with Crippen molar-refractivity contribution in [1.82, 2.24) is 4.31 Å². The number of carbonyl (C=O) groups is 1. The monoisotopic (exact) mass is 361 g/mol. The predicted molar refractivity (Wildman–Crippen MR) is 96.9 cm³/mol. The molecule has 0 saturated carbocycles. The summed E-state index contributed by atoms with van der Waals surface area (Å²) in [6, 6.07) is 14.8. The number of aryl methyl sites for hydroxylation is 1. The summed E-state index contributed by atoms with van der Waals surface area (Å²) in [6.07, 6.45) is 0.658. The van der Waals surface area contributed by atoms with Crippen LogP contribution in [0.15, 0.2) is 59.5 Å². The number of carboxylic acid groups (broad SMARTS) is 1. The Hall–Kier alpha value is -2.18. The minimum atomic E-state index is -3.89. The van der Waals surface area contributed by atoms with Crippen LogP contribution in [0.25, 0.3) is 0 Å². The van der Waals surface area contributed by atoms with E-state index in [9.17, 15) is 18.3 Å². The number of aliphatic carboxylic acids is 1. The average Bonchev–Trinajstić information content (AvgIpc) is 2.59. The highest BCUT2D eigenvalue weighted by Crippen LogP contribution is 2.21. The molecule has 6 heteroatoms. The molecule has 2 aromatic carbocycles. The minimum absolute atomic E-state index is 0.116. The van der Waals surface area contributed by atoms with Gasteiger partial charge in [0.15, 0.2) is 0 Å². The number of carboxylic acids is 1. The van der Waals surface area contributed by atoms with E-state index in [1.807, 2.05) is 37.3 Å². The fourth-order valence-corrected chi connectivity index (χ4v) is 4.33. The van der Waals surface area contributed by atoms with Gasteiger partial charge in [-0.3, -0.25) is 4.79 Å². The Morgan fingerprint density at radius 1 is 1.08 bits per heavy atom. The molecule has 1 unspecified atom stereocenters. The molecule has 2 aromatic rings. The lowest BCUT2D eigenvalue weighted by Crippen LogP contribution is -2.45. The fraction of sp³-hybridized carbons (Fsp3) is 0.316. The molecule has 0 fully saturated rings. The van der Waals surface area contributed by atoms with Gasteiger partial charge in [-0.25, -0.2) is 8.42 Å². The molecular weight excluding hydrogens is 338 g/mol. The van der Waals surface area contributed by atoms with Crippen molar-refractivity contribution in [3.8, 4) is 0 Å². The van der Waals surface area contributed by atoms with Gasteiger partial charge in [-0.2, -0.15) is 4.31 Å². The van der Waals surface area contributed by atoms with Crippen LogP contribution in [0.4, 0.5) is 0 Å². The molecule has 25 heavy (non-hydrogen) atoms. The summed E-state index contributed by atoms with van der Waals surface area (Å²) in [5.41, 5.74) is 1.91. The van der Waals surface area contributed by atoms with Crippen molar-refractivity contribution in [3.05, 3.63) is 65.7 Å². The van der Waals surface area contributed by atoms with Gasteiger partial charge in [0.1, 0.15) is 6.04 Å². The van der Waals surface area contributed by atoms with E-state index in [4.69, 9.17) is 0 Å². The van der Waals surface area contributed by atoms with Crippen molar-refractivity contribution >= 4 is 16.0 Å². The number of hydrogen-bond donors (Lipinski definition) is 1. The molecule has 2 rings (SSSR count). The molecule has 0 heterocycles. The van der Waals surface area contributed by atoms with Gasteiger partial charge in [-0.15, -0.1) is 0 Å². The summed E-state index contributed by atoms with van der Waals surface area (Å²) in [4.78, 5) is 11.7. The highest BCUT2D eigenvalue weighted by Gasteiger charge is 2.34. The van der Waals surface area contributed by atoms with E-state index in [0.717, 1.165) is 15.4 Å². The molecule has 0 bridgehead atoms. The van der Waals surface area contributed by atoms with Crippen molar-refractivity contribution < 1.29 is 18.3 Å². The maximum absolute atomic E-state index is 13.0. The van der Waals surface area contributed by atoms with Crippen LogP contribution in [0.5, 0.6) is 0 Å². The van der Waals surface area contributed by atoms with Crippen molar-refractivity contribution in [3.63, 3.8) is 0 Å². The molecule has 0 aliphatic rings. The van der Waals surface area contributed by atoms with Crippen LogP contribution in [0, 0.1) is 6.92 Å². The zero-order valence-electron chi connectivity index (χ0n) is 14.4. The van der Waals surface area contributed by atoms with Gasteiger partial charge in [-0.05, 0) is 37.5 Å². The molecule has 0 aliphatic heterocycles. The summed E-state index contributed by atoms with van der Waals surface area (Å²) in [6.45, 7) is 3.67. The van der Waals surface area contributed by atoms with Gasteiger partial charge < -0.3 is 5.11 Å². The smallest absolute Gasteiger partial charge is 0.322 e. The Morgan fingerprint density at radius 2 is 1.68 bits per heavy atom. The van der Waals surface area contributed by atoms with E-state index in [0.29, 0.717) is 6.42 Å². The molecule has 1 atom stereocenters. The number of rotatable bonds is 8. The Bertz CT molecular complexity index is 801. The minimum Gasteiger partial charge on any atom is -0.480 e. The second-order valence-corrected chi connectivity index (χ2v) is 7.82. The Balaban J connectivity index is 2.35. The molecular formula is C19H23NO4S. The number of hydrogen-bond acceptors (Lipinski definition) is 3. The van der Waals surface area contributed by atoms with Gasteiger partial charge in [0, 0.05) is 6.54 Å². The maximum Gasteiger partial charge on any atom is 0.322 e. The van der Waals surface area contributed by atoms with Gasteiger partial charge in [0.2, 0.25) is 10.0 Å². The Kier molecular flexibility index (Phi) is 6.33. The molecule has 0 saturated heterocycles. The Labute approximate surface area is 149 Å². The van der Waals surface area contributed by atoms with Gasteiger partial charge in [-0.1, -0.05) is 55.0 Å². The summed E-state index contributed by atoms with van der Waals surface area (Å²) >= 11 is 0. The van der Waals surface area contributed by atoms with Crippen molar-refractivity contribution in [2.45, 2.75) is 37.6 Å². The lowest BCUT2D eigenvalue weighted by Gasteiger charge is -2.27. The zero-order valence-corrected chi connectivity index (χ0v) is 15.2. The first-order valence-corrected chi connectivity index (χ1v) is 9.65. The molecule has 1 N–H and O–H groups in total. The molecule has 0 aromatic heterocycles. The first kappa shape index (κ1) is 19.1. The van der Waals surface area contributed by atoms with Crippen LogP contribution in [0.3, 0.4) is 0 Å². The van der Waals surface area contributed by atoms with E-state index < -0.39 is 22.0 Å². The zero-order chi connectivity index (χ0) is 18.4. The number of benzene rings is 2. The van der Waals surface area contributed by atoms with Crippen LogP contribution in [-0.4, -0.2) is 36.4 Å². The average molecular weight is 361 g/mol. The van der Waals surface area contributed by atoms with E-state index in [1.165, 1.54) is 12.1 Å². The quantitative estimate of drug-likeness (QED) is 0.784. The van der Waals surface area contributed by atoms with E-state index >= 15 is 0 Å². The molecule has 0 spiro atoms. The molecule has 0 aliphatic carbocycles. The number of nitrogens with zero attached hydrogens (tertiary/aromatic N) is 1. The third kappa shape index (κ3) is 4.67. The third-order valence-corrected chi connectivity index (χ3v) is 6.03. The lowest BCUT2D eigenvalue weighted by atomic mass is 10.1. The predicted octanol–water partition coefficient (Wildman–Crippen LogP) is 3.09. The second kappa shape index (κ2) is 8.27. The molecule has 0 radical (unpaired) electrons. The van der Waals surface area contributed by atoms with Crippen LogP contribution >= 0.6 is 0 Å². The standard InChI is InChI=1S/C19H23NO4S/c1-3-18(19(21)22)20(14-13-16-7-5-4-6-8-16)25(23,24)17-11-9-15(2)10-12-17/h4-12,18H,3,13-14H2,1-2H3,(H,21,22). The third-order valence-electron chi connectivity index (χ3n) is 4.11. The van der Waals surface area contributed by atoms with Crippen molar-refractivity contribution in [2.24, 2.45) is 0 Å². The van der Waals surface area contributed by atoms with E-state index in [1.54, 1.807) is 19.1 Å². The maximum atomic E-state index is 13.0. The van der Waals surface area contributed by atoms with E-state index in [-0.39, 0.29) is 17.9 Å². The van der Waals surface area contributed by atoms with E-state index in [2.05, 4.69) is 0 Å². The summed E-state index contributed by atoms with van der Waals surface area (Å²) < 4.78 is 27.2. The van der Waals surface area contributed by atoms with Crippen LogP contribution in [-0.2, 0) is 21.2 Å². The van der Waals surface area contributed by atoms with Crippen molar-refractivity contribution in [2.75, 3.05) is 6.54 Å². The first-order chi connectivity index (χ1) is 11.9. The van der Waals surface area contributed by atoms with Crippen LogP contribution < -0.4 is 0 Å². The number of sulfonamides is 1. The van der Waals surface area contributed by atoms with Gasteiger partial charge in [0.05, 0.1) is 4.90 Å². The van der Waals surface area contributed by atoms with Crippen LogP contribution in [0.1, 0.15) is 24.5 Å². The lowest BCUT2D eigenvalue weighted by molar-refractivity contribution is -0.141. The van der Waals surface area contributed by atoms with Crippen LogP contribution in [0.2, 0.25) is 0 Å². The summed E-state index contributed by atoms with van der Waals surface area (Å²) in [7, 11) is -3.89. The molecule has 5 nitrogen and oxygen atoms in total. The fourth-order valence-electron chi connectivity index (χ4n) is 2.67. The van der Waals surface area contributed by atoms with Gasteiger partial charge >= 0.3 is 5.97 Å². The molecule has 0 amide bonds. The normalized spacial score (nSPS) is 12.9. The summed E-state index contributed by atoms with van der Waals surface area (Å²) in [5, 5.41) is 9.49. The molecule has 134 valence electrons. The Morgan fingerprint density at radius 3 is 2.20 bits per heavy atom. The summed E-state index contributed by atoms with van der Waals surface area (Å²) in [5.74, 6) is -1.13. The first-order valence-electron chi connectivity index (χ1n) is 8.21. The van der Waals surface area contributed by atoms with Crippen molar-refractivity contribution in [1.29, 1.82) is 0 Å². The largest absolute Gasteiger partial charge is 0.480 e. The highest BCUT2D eigenvalue weighted by molar-refractivity contribution is 7.89. The van der Waals surface area contributed by atoms with Gasteiger partial charge in [0.25, 0.3) is 0 Å². The highest BCUT2D eigenvalue weighted by atomic mass is 32.2. The second-order valence-electron chi connectivity index (χ2n) is 5.93. The SMILES string of the molecule is CCC(C(=O)O)N(CCc1ccccc1)S(=O)(=O)c1ccc(C)cc1.